The van der Waals surface area contributed by atoms with Crippen molar-refractivity contribution in [2.24, 2.45) is 0 Å². The smallest absolute Gasteiger partial charge is 0.184 e. The molecule has 0 heterocycles. The summed E-state index contributed by atoms with van der Waals surface area (Å²) in [5.41, 5.74) is 0.654. The Bertz CT molecular complexity index is 659. The molecule has 110 valence electrons. The van der Waals surface area contributed by atoms with E-state index in [-0.39, 0.29) is 16.5 Å². The average Bonchev–Trinajstić information content (AvgIpc) is 3.28. The van der Waals surface area contributed by atoms with E-state index in [4.69, 9.17) is 16.3 Å². The number of hydrogen-bond donors (Lipinski definition) is 1. The Morgan fingerprint density at radius 2 is 1.90 bits per heavy atom. The maximum atomic E-state index is 14.0. The Kier molecular flexibility index (Phi) is 4.08. The lowest BCUT2D eigenvalue weighted by molar-refractivity contribution is 0.408. The summed E-state index contributed by atoms with van der Waals surface area (Å²) >= 11 is 5.71. The molecule has 1 aliphatic carbocycles. The first kappa shape index (κ1) is 14.3. The molecule has 1 fully saturated rings. The van der Waals surface area contributed by atoms with Gasteiger partial charge in [-0.2, -0.15) is 0 Å². The summed E-state index contributed by atoms with van der Waals surface area (Å²) in [5, 5.41) is 3.23. The number of para-hydroxylation sites is 1. The van der Waals surface area contributed by atoms with Crippen LogP contribution in [0.1, 0.15) is 18.4 Å². The lowest BCUT2D eigenvalue weighted by Gasteiger charge is -2.13. The van der Waals surface area contributed by atoms with Crippen molar-refractivity contribution in [3.05, 3.63) is 58.6 Å². The predicted molar refractivity (Wildman–Crippen MR) is 77.7 cm³/mol. The molecule has 0 aliphatic heterocycles. The summed E-state index contributed by atoms with van der Waals surface area (Å²) in [5.74, 6) is -1.26. The molecule has 21 heavy (non-hydrogen) atoms. The highest BCUT2D eigenvalue weighted by molar-refractivity contribution is 6.30. The molecule has 0 radical (unpaired) electrons. The fourth-order valence-electron chi connectivity index (χ4n) is 2.02. The van der Waals surface area contributed by atoms with Crippen LogP contribution in [0.2, 0.25) is 5.02 Å². The Labute approximate surface area is 126 Å². The monoisotopic (exact) mass is 309 g/mol. The van der Waals surface area contributed by atoms with Gasteiger partial charge in [0, 0.05) is 18.2 Å². The summed E-state index contributed by atoms with van der Waals surface area (Å²) < 4.78 is 33.3. The Hall–Kier alpha value is -1.65. The minimum absolute atomic E-state index is 0.0341. The minimum atomic E-state index is -0.691. The minimum Gasteiger partial charge on any atom is -0.451 e. The Balaban J connectivity index is 1.87. The lowest BCUT2D eigenvalue weighted by atomic mass is 10.2. The van der Waals surface area contributed by atoms with Gasteiger partial charge in [0.2, 0.25) is 0 Å². The number of halogens is 3. The molecule has 2 aromatic rings. The molecule has 0 atom stereocenters. The third-order valence-corrected chi connectivity index (χ3v) is 3.63. The van der Waals surface area contributed by atoms with Gasteiger partial charge in [0.15, 0.2) is 23.1 Å². The number of ether oxygens (including phenoxy) is 1. The molecule has 2 nitrogen and oxygen atoms in total. The molecule has 1 saturated carbocycles. The average molecular weight is 310 g/mol. The first-order chi connectivity index (χ1) is 10.1. The first-order valence-corrected chi connectivity index (χ1v) is 7.15. The van der Waals surface area contributed by atoms with Crippen LogP contribution in [0.4, 0.5) is 8.78 Å². The molecule has 1 aliphatic rings. The van der Waals surface area contributed by atoms with Gasteiger partial charge < -0.3 is 10.1 Å². The molecule has 0 saturated heterocycles. The zero-order valence-corrected chi connectivity index (χ0v) is 12.0. The highest BCUT2D eigenvalue weighted by atomic mass is 35.5. The lowest BCUT2D eigenvalue weighted by Crippen LogP contribution is -2.16. The second kappa shape index (κ2) is 6.00. The van der Waals surface area contributed by atoms with Crippen molar-refractivity contribution < 1.29 is 13.5 Å². The topological polar surface area (TPSA) is 21.3 Å². The molecule has 2 aromatic carbocycles. The highest BCUT2D eigenvalue weighted by Gasteiger charge is 2.21. The molecule has 3 rings (SSSR count). The van der Waals surface area contributed by atoms with E-state index in [9.17, 15) is 8.78 Å². The predicted octanol–water partition coefficient (Wildman–Crippen LogP) is 4.66. The third kappa shape index (κ3) is 3.34. The van der Waals surface area contributed by atoms with Crippen LogP contribution in [0.3, 0.4) is 0 Å². The Morgan fingerprint density at radius 1 is 1.14 bits per heavy atom. The maximum absolute atomic E-state index is 14.0. The van der Waals surface area contributed by atoms with Crippen molar-refractivity contribution in [2.45, 2.75) is 25.4 Å². The molecule has 5 heteroatoms. The first-order valence-electron chi connectivity index (χ1n) is 6.78. The standard InChI is InChI=1S/C16H14ClF2NO/c17-12-4-2-6-14(15(12)19)21-16-10(3-1-5-13(16)18)9-20-11-7-8-11/h1-6,11,20H,7-9H2. The molecular formula is C16H14ClF2NO. The molecule has 0 amide bonds. The van der Waals surface area contributed by atoms with Gasteiger partial charge in [0.1, 0.15) is 0 Å². The molecular weight excluding hydrogens is 296 g/mol. The van der Waals surface area contributed by atoms with Gasteiger partial charge in [-0.25, -0.2) is 8.78 Å². The van der Waals surface area contributed by atoms with Crippen molar-refractivity contribution in [1.82, 2.24) is 5.32 Å². The SMILES string of the molecule is Fc1cccc(CNC2CC2)c1Oc1cccc(Cl)c1F. The number of nitrogens with one attached hydrogen (secondary N) is 1. The third-order valence-electron chi connectivity index (χ3n) is 3.34. The van der Waals surface area contributed by atoms with Crippen LogP contribution in [0, 0.1) is 11.6 Å². The van der Waals surface area contributed by atoms with Gasteiger partial charge in [0.05, 0.1) is 5.02 Å². The van der Waals surface area contributed by atoms with E-state index in [1.54, 1.807) is 18.2 Å². The summed E-state index contributed by atoms with van der Waals surface area (Å²) in [6, 6.07) is 9.55. The summed E-state index contributed by atoms with van der Waals surface area (Å²) in [6.07, 6.45) is 2.27. The van der Waals surface area contributed by atoms with Crippen LogP contribution >= 0.6 is 11.6 Å². The van der Waals surface area contributed by atoms with Crippen molar-refractivity contribution >= 4 is 11.6 Å². The number of hydrogen-bond acceptors (Lipinski definition) is 2. The van der Waals surface area contributed by atoms with Crippen LogP contribution in [0.25, 0.3) is 0 Å². The van der Waals surface area contributed by atoms with Crippen LogP contribution in [0.15, 0.2) is 36.4 Å². The van der Waals surface area contributed by atoms with Gasteiger partial charge in [-0.3, -0.25) is 0 Å². The van der Waals surface area contributed by atoms with Crippen molar-refractivity contribution in [3.8, 4) is 11.5 Å². The highest BCUT2D eigenvalue weighted by Crippen LogP contribution is 2.33. The van der Waals surface area contributed by atoms with Crippen molar-refractivity contribution in [1.29, 1.82) is 0 Å². The van der Waals surface area contributed by atoms with E-state index in [1.807, 2.05) is 0 Å². The van der Waals surface area contributed by atoms with E-state index >= 15 is 0 Å². The Morgan fingerprint density at radius 3 is 2.67 bits per heavy atom. The maximum Gasteiger partial charge on any atom is 0.184 e. The zero-order chi connectivity index (χ0) is 14.8. The van der Waals surface area contributed by atoms with Gasteiger partial charge in [0.25, 0.3) is 0 Å². The van der Waals surface area contributed by atoms with E-state index in [0.717, 1.165) is 12.8 Å². The quantitative estimate of drug-likeness (QED) is 0.867. The molecule has 0 spiro atoms. The van der Waals surface area contributed by atoms with Gasteiger partial charge in [-0.1, -0.05) is 29.8 Å². The fourth-order valence-corrected chi connectivity index (χ4v) is 2.19. The van der Waals surface area contributed by atoms with E-state index in [0.29, 0.717) is 18.2 Å². The summed E-state index contributed by atoms with van der Waals surface area (Å²) in [6.45, 7) is 0.486. The fraction of sp³-hybridized carbons (Fsp3) is 0.250. The van der Waals surface area contributed by atoms with Gasteiger partial charge >= 0.3 is 0 Å². The second-order valence-electron chi connectivity index (χ2n) is 5.04. The molecule has 0 aromatic heterocycles. The normalized spacial score (nSPS) is 14.2. The van der Waals surface area contributed by atoms with Crippen LogP contribution in [-0.4, -0.2) is 6.04 Å². The molecule has 0 bridgehead atoms. The van der Waals surface area contributed by atoms with E-state index in [2.05, 4.69) is 5.32 Å². The van der Waals surface area contributed by atoms with E-state index in [1.165, 1.54) is 18.2 Å². The van der Waals surface area contributed by atoms with E-state index < -0.39 is 11.6 Å². The summed E-state index contributed by atoms with van der Waals surface area (Å²) in [7, 11) is 0. The number of rotatable bonds is 5. The number of benzene rings is 2. The van der Waals surface area contributed by atoms with Crippen LogP contribution in [-0.2, 0) is 6.54 Å². The molecule has 1 N–H and O–H groups in total. The second-order valence-corrected chi connectivity index (χ2v) is 5.44. The van der Waals surface area contributed by atoms with Crippen molar-refractivity contribution in [2.75, 3.05) is 0 Å². The molecule has 0 unspecified atom stereocenters. The van der Waals surface area contributed by atoms with Gasteiger partial charge in [-0.15, -0.1) is 0 Å². The van der Waals surface area contributed by atoms with Crippen LogP contribution in [0.5, 0.6) is 11.5 Å². The largest absolute Gasteiger partial charge is 0.451 e. The van der Waals surface area contributed by atoms with Crippen molar-refractivity contribution in [3.63, 3.8) is 0 Å². The van der Waals surface area contributed by atoms with Crippen LogP contribution < -0.4 is 10.1 Å². The van der Waals surface area contributed by atoms with Gasteiger partial charge in [-0.05, 0) is 31.0 Å². The zero-order valence-electron chi connectivity index (χ0n) is 11.2. The summed E-state index contributed by atoms with van der Waals surface area (Å²) in [4.78, 5) is 0.